The second kappa shape index (κ2) is 8.38. The molecule has 1 N–H and O–H groups in total. The number of nitrogens with zero attached hydrogens (tertiary/aromatic N) is 3. The summed E-state index contributed by atoms with van der Waals surface area (Å²) in [7, 11) is 0. The van der Waals surface area contributed by atoms with E-state index in [4.69, 9.17) is 0 Å². The lowest BCUT2D eigenvalue weighted by molar-refractivity contribution is -0.121. The number of aliphatic imine (C=N–C) groups is 1. The first-order chi connectivity index (χ1) is 12.6. The first-order valence-electron chi connectivity index (χ1n) is 8.78. The van der Waals surface area contributed by atoms with Gasteiger partial charge in [0.1, 0.15) is 5.82 Å². The molecule has 0 saturated carbocycles. The number of amides is 1. The summed E-state index contributed by atoms with van der Waals surface area (Å²) in [4.78, 5) is 23.8. The van der Waals surface area contributed by atoms with Crippen molar-refractivity contribution < 1.29 is 4.79 Å². The molecule has 3 rings (SSSR count). The third-order valence-electron chi connectivity index (χ3n) is 4.76. The fraction of sp³-hybridized carbons (Fsp3) is 0.350. The second-order valence-electron chi connectivity index (χ2n) is 6.63. The SMILES string of the molecule is C=N/C(=C\c1cc(-c2cncs2)ccc1C)NC(=O)CN1CCC[C@H]1C. The Bertz CT molecular complexity index is 813. The van der Waals surface area contributed by atoms with Crippen LogP contribution in [0.1, 0.15) is 30.9 Å². The Balaban J connectivity index is 1.75. The predicted molar refractivity (Wildman–Crippen MR) is 108 cm³/mol. The quantitative estimate of drug-likeness (QED) is 0.791. The van der Waals surface area contributed by atoms with E-state index >= 15 is 0 Å². The number of aromatic nitrogens is 1. The van der Waals surface area contributed by atoms with Gasteiger partial charge in [0.05, 0.1) is 16.9 Å². The third-order valence-corrected chi connectivity index (χ3v) is 5.59. The first kappa shape index (κ1) is 18.5. The standard InChI is InChI=1S/C20H24N4OS/c1-14-6-7-16(18-11-22-13-26-18)9-17(14)10-19(21-3)23-20(25)12-24-8-4-5-15(24)2/h6-7,9-11,13,15H,3-5,8,12H2,1-2H3,(H,23,25)/b19-10+/t15-/m1/s1. The molecule has 1 aromatic heterocycles. The molecule has 1 saturated heterocycles. The van der Waals surface area contributed by atoms with Gasteiger partial charge in [0, 0.05) is 12.2 Å². The van der Waals surface area contributed by atoms with Gasteiger partial charge in [-0.15, -0.1) is 11.3 Å². The zero-order chi connectivity index (χ0) is 18.5. The molecule has 2 aromatic rings. The molecule has 0 aliphatic carbocycles. The summed E-state index contributed by atoms with van der Waals surface area (Å²) in [6.45, 7) is 9.18. The number of likely N-dealkylation sites (tertiary alicyclic amines) is 1. The number of benzene rings is 1. The highest BCUT2D eigenvalue weighted by Gasteiger charge is 2.22. The number of hydrogen-bond donors (Lipinski definition) is 1. The molecule has 0 spiro atoms. The molecular formula is C20H24N4OS. The maximum Gasteiger partial charge on any atom is 0.239 e. The number of nitrogens with one attached hydrogen (secondary N) is 1. The van der Waals surface area contributed by atoms with E-state index in [9.17, 15) is 4.79 Å². The lowest BCUT2D eigenvalue weighted by atomic mass is 10.0. The molecule has 0 radical (unpaired) electrons. The van der Waals surface area contributed by atoms with Crippen LogP contribution < -0.4 is 5.32 Å². The van der Waals surface area contributed by atoms with E-state index in [0.717, 1.165) is 41.0 Å². The largest absolute Gasteiger partial charge is 0.310 e. The van der Waals surface area contributed by atoms with Crippen molar-refractivity contribution in [2.45, 2.75) is 32.7 Å². The van der Waals surface area contributed by atoms with Gasteiger partial charge in [-0.05, 0) is 68.8 Å². The molecule has 1 aromatic carbocycles. The Labute approximate surface area is 158 Å². The van der Waals surface area contributed by atoms with Gasteiger partial charge in [-0.2, -0.15) is 0 Å². The molecule has 6 heteroatoms. The number of carbonyl (C=O) groups excluding carboxylic acids is 1. The topological polar surface area (TPSA) is 57.6 Å². The smallest absolute Gasteiger partial charge is 0.239 e. The molecule has 2 heterocycles. The van der Waals surface area contributed by atoms with Crippen LogP contribution in [0.15, 0.2) is 40.7 Å². The second-order valence-corrected chi connectivity index (χ2v) is 7.52. The van der Waals surface area contributed by atoms with Crippen LogP contribution in [0.5, 0.6) is 0 Å². The molecule has 136 valence electrons. The molecule has 0 bridgehead atoms. The molecule has 1 aliphatic heterocycles. The number of aryl methyl sites for hydroxylation is 1. The van der Waals surface area contributed by atoms with Crippen LogP contribution in [0.4, 0.5) is 0 Å². The van der Waals surface area contributed by atoms with Crippen LogP contribution in [-0.2, 0) is 4.79 Å². The average Bonchev–Trinajstić information content (AvgIpc) is 3.29. The highest BCUT2D eigenvalue weighted by atomic mass is 32.1. The zero-order valence-corrected chi connectivity index (χ0v) is 16.1. The Morgan fingerprint density at radius 1 is 1.54 bits per heavy atom. The first-order valence-corrected chi connectivity index (χ1v) is 9.66. The lowest BCUT2D eigenvalue weighted by Crippen LogP contribution is -2.38. The van der Waals surface area contributed by atoms with E-state index in [-0.39, 0.29) is 5.91 Å². The highest BCUT2D eigenvalue weighted by molar-refractivity contribution is 7.13. The van der Waals surface area contributed by atoms with E-state index in [2.05, 4.69) is 52.0 Å². The minimum absolute atomic E-state index is 0.0475. The Morgan fingerprint density at radius 3 is 3.04 bits per heavy atom. The monoisotopic (exact) mass is 368 g/mol. The van der Waals surface area contributed by atoms with Gasteiger partial charge < -0.3 is 5.32 Å². The normalized spacial score (nSPS) is 18.1. The van der Waals surface area contributed by atoms with E-state index in [1.54, 1.807) is 11.3 Å². The molecule has 1 aliphatic rings. The van der Waals surface area contributed by atoms with Gasteiger partial charge in [0.25, 0.3) is 0 Å². The molecule has 26 heavy (non-hydrogen) atoms. The molecule has 1 amide bonds. The minimum atomic E-state index is -0.0475. The van der Waals surface area contributed by atoms with E-state index < -0.39 is 0 Å². The van der Waals surface area contributed by atoms with Crippen molar-refractivity contribution in [3.63, 3.8) is 0 Å². The Hall–Kier alpha value is -2.31. The fourth-order valence-corrected chi connectivity index (χ4v) is 3.79. The number of carbonyl (C=O) groups is 1. The maximum absolute atomic E-state index is 12.4. The summed E-state index contributed by atoms with van der Waals surface area (Å²) >= 11 is 1.60. The van der Waals surface area contributed by atoms with Gasteiger partial charge >= 0.3 is 0 Å². The van der Waals surface area contributed by atoms with Crippen LogP contribution in [0.25, 0.3) is 16.5 Å². The van der Waals surface area contributed by atoms with Crippen molar-refractivity contribution in [1.82, 2.24) is 15.2 Å². The zero-order valence-electron chi connectivity index (χ0n) is 15.2. The molecule has 1 fully saturated rings. The van der Waals surface area contributed by atoms with Crippen LogP contribution >= 0.6 is 11.3 Å². The number of thiazole rings is 1. The third kappa shape index (κ3) is 4.45. The number of hydrogen-bond acceptors (Lipinski definition) is 5. The van der Waals surface area contributed by atoms with Gasteiger partial charge in [-0.3, -0.25) is 14.7 Å². The van der Waals surface area contributed by atoms with E-state index in [1.165, 1.54) is 0 Å². The summed E-state index contributed by atoms with van der Waals surface area (Å²) in [6.07, 6.45) is 6.03. The summed E-state index contributed by atoms with van der Waals surface area (Å²) < 4.78 is 0. The fourth-order valence-electron chi connectivity index (χ4n) is 3.17. The van der Waals surface area contributed by atoms with E-state index in [1.807, 2.05) is 24.7 Å². The van der Waals surface area contributed by atoms with Crippen molar-refractivity contribution in [1.29, 1.82) is 0 Å². The molecule has 5 nitrogen and oxygen atoms in total. The molecule has 1 atom stereocenters. The van der Waals surface area contributed by atoms with Gasteiger partial charge in [-0.1, -0.05) is 12.1 Å². The van der Waals surface area contributed by atoms with Gasteiger partial charge in [-0.25, -0.2) is 4.99 Å². The maximum atomic E-state index is 12.4. The van der Waals surface area contributed by atoms with Crippen LogP contribution in [0.3, 0.4) is 0 Å². The summed E-state index contributed by atoms with van der Waals surface area (Å²) in [6, 6.07) is 6.69. The highest BCUT2D eigenvalue weighted by Crippen LogP contribution is 2.26. The lowest BCUT2D eigenvalue weighted by Gasteiger charge is -2.20. The van der Waals surface area contributed by atoms with Crippen LogP contribution in [-0.4, -0.2) is 41.6 Å². The summed E-state index contributed by atoms with van der Waals surface area (Å²) in [5, 5.41) is 2.89. The van der Waals surface area contributed by atoms with Gasteiger partial charge in [0.2, 0.25) is 5.91 Å². The van der Waals surface area contributed by atoms with Crippen LogP contribution in [0.2, 0.25) is 0 Å². The van der Waals surface area contributed by atoms with E-state index in [0.29, 0.717) is 18.4 Å². The van der Waals surface area contributed by atoms with Crippen LogP contribution in [0, 0.1) is 6.92 Å². The summed E-state index contributed by atoms with van der Waals surface area (Å²) in [5.74, 6) is 0.431. The Kier molecular flexibility index (Phi) is 5.96. The van der Waals surface area contributed by atoms with Crippen molar-refractivity contribution in [3.8, 4) is 10.4 Å². The van der Waals surface area contributed by atoms with Crippen molar-refractivity contribution >= 4 is 30.0 Å². The minimum Gasteiger partial charge on any atom is -0.310 e. The molecular weight excluding hydrogens is 344 g/mol. The van der Waals surface area contributed by atoms with Crippen molar-refractivity contribution in [2.75, 3.05) is 13.1 Å². The number of rotatable bonds is 6. The Morgan fingerprint density at radius 2 is 2.38 bits per heavy atom. The van der Waals surface area contributed by atoms with Crippen molar-refractivity contribution in [2.24, 2.45) is 4.99 Å². The summed E-state index contributed by atoms with van der Waals surface area (Å²) in [5.41, 5.74) is 5.04. The van der Waals surface area contributed by atoms with Gasteiger partial charge in [0.15, 0.2) is 0 Å². The predicted octanol–water partition coefficient (Wildman–Crippen LogP) is 3.72. The average molecular weight is 369 g/mol. The molecule has 0 unspecified atom stereocenters. The van der Waals surface area contributed by atoms with Crippen molar-refractivity contribution in [3.05, 3.63) is 46.9 Å².